The van der Waals surface area contributed by atoms with Crippen molar-refractivity contribution in [1.82, 2.24) is 10.2 Å². The van der Waals surface area contributed by atoms with E-state index >= 15 is 0 Å². The van der Waals surface area contributed by atoms with Crippen LogP contribution in [-0.2, 0) is 0 Å². The molecule has 0 atom stereocenters. The zero-order valence-electron chi connectivity index (χ0n) is 11.0. The number of nitrogens with one attached hydrogen (secondary N) is 1. The first-order valence-corrected chi connectivity index (χ1v) is 7.96. The summed E-state index contributed by atoms with van der Waals surface area (Å²) in [6.45, 7) is 8.36. The van der Waals surface area contributed by atoms with Crippen molar-refractivity contribution in [1.29, 1.82) is 0 Å². The van der Waals surface area contributed by atoms with E-state index < -0.39 is 0 Å². The van der Waals surface area contributed by atoms with Gasteiger partial charge in [0.2, 0.25) is 0 Å². The fourth-order valence-electron chi connectivity index (χ4n) is 3.26. The van der Waals surface area contributed by atoms with E-state index in [1.54, 1.807) is 0 Å². The third kappa shape index (κ3) is 2.57. The summed E-state index contributed by atoms with van der Waals surface area (Å²) in [6, 6.07) is 0. The molecule has 0 aromatic carbocycles. The summed E-state index contributed by atoms with van der Waals surface area (Å²) in [4.78, 5) is 2.78. The highest BCUT2D eigenvalue weighted by molar-refractivity contribution is 7.98. The van der Waals surface area contributed by atoms with Crippen LogP contribution in [0, 0.1) is 0 Å². The van der Waals surface area contributed by atoms with Gasteiger partial charge in [-0.1, -0.05) is 12.8 Å². The van der Waals surface area contributed by atoms with Gasteiger partial charge in [0, 0.05) is 36.5 Å². The lowest BCUT2D eigenvalue weighted by Gasteiger charge is -2.51. The minimum atomic E-state index is 0.298. The second kappa shape index (κ2) is 4.87. The Labute approximate surface area is 105 Å². The van der Waals surface area contributed by atoms with Gasteiger partial charge in [-0.25, -0.2) is 0 Å². The van der Waals surface area contributed by atoms with Crippen molar-refractivity contribution in [3.8, 4) is 0 Å². The molecular formula is C13H26N2S. The van der Waals surface area contributed by atoms with Gasteiger partial charge in [0.05, 0.1) is 0 Å². The number of hydrogen-bond donors (Lipinski definition) is 1. The summed E-state index contributed by atoms with van der Waals surface area (Å²) < 4.78 is 0. The second-order valence-electron chi connectivity index (χ2n) is 6.08. The molecule has 16 heavy (non-hydrogen) atoms. The van der Waals surface area contributed by atoms with Gasteiger partial charge in [0.25, 0.3) is 0 Å². The molecule has 0 amide bonds. The maximum Gasteiger partial charge on any atom is 0.0335 e. The van der Waals surface area contributed by atoms with Gasteiger partial charge in [-0.3, -0.25) is 4.90 Å². The summed E-state index contributed by atoms with van der Waals surface area (Å²) in [6.07, 6.45) is 7.89. The number of hydrogen-bond acceptors (Lipinski definition) is 3. The highest BCUT2D eigenvalue weighted by atomic mass is 32.2. The van der Waals surface area contributed by atoms with Crippen LogP contribution in [0.2, 0.25) is 0 Å². The fraction of sp³-hybridized carbons (Fsp3) is 1.00. The zero-order chi connectivity index (χ0) is 11.6. The predicted octanol–water partition coefficient (Wildman–Crippen LogP) is 2.35. The Hall–Kier alpha value is 0.270. The quantitative estimate of drug-likeness (QED) is 0.818. The van der Waals surface area contributed by atoms with Crippen molar-refractivity contribution in [2.75, 3.05) is 31.6 Å². The molecule has 0 aromatic rings. The number of piperazine rings is 1. The monoisotopic (exact) mass is 242 g/mol. The Morgan fingerprint density at radius 1 is 1.25 bits per heavy atom. The lowest BCUT2D eigenvalue weighted by Crippen LogP contribution is -2.67. The lowest BCUT2D eigenvalue weighted by molar-refractivity contribution is 0.0245. The normalized spacial score (nSPS) is 28.7. The summed E-state index contributed by atoms with van der Waals surface area (Å²) in [5.74, 6) is 1.28. The average molecular weight is 242 g/mol. The Morgan fingerprint density at radius 3 is 2.56 bits per heavy atom. The standard InChI is InChI=1S/C13H26N2S/c1-12(2)11-15(8-9-16-3)13(10-14-12)6-4-5-7-13/h14H,4-11H2,1-3H3. The van der Waals surface area contributed by atoms with Crippen LogP contribution in [0.1, 0.15) is 39.5 Å². The van der Waals surface area contributed by atoms with Gasteiger partial charge in [-0.2, -0.15) is 11.8 Å². The van der Waals surface area contributed by atoms with Gasteiger partial charge in [0.1, 0.15) is 0 Å². The van der Waals surface area contributed by atoms with Gasteiger partial charge >= 0.3 is 0 Å². The minimum absolute atomic E-state index is 0.298. The highest BCUT2D eigenvalue weighted by Gasteiger charge is 2.45. The van der Waals surface area contributed by atoms with E-state index in [1.807, 2.05) is 11.8 Å². The molecule has 1 spiro atoms. The Bertz CT molecular complexity index is 234. The third-order valence-corrected chi connectivity index (χ3v) is 4.84. The Kier molecular flexibility index (Phi) is 3.87. The molecule has 0 aromatic heterocycles. The number of nitrogens with zero attached hydrogens (tertiary/aromatic N) is 1. The first-order chi connectivity index (χ1) is 7.58. The smallest absolute Gasteiger partial charge is 0.0335 e. The molecular weight excluding hydrogens is 216 g/mol. The SMILES string of the molecule is CSCCN1CC(C)(C)NCC12CCCC2. The number of rotatable bonds is 3. The molecule has 0 unspecified atom stereocenters. The van der Waals surface area contributed by atoms with Crippen molar-refractivity contribution in [3.05, 3.63) is 0 Å². The second-order valence-corrected chi connectivity index (χ2v) is 7.07. The van der Waals surface area contributed by atoms with E-state index in [0.717, 1.165) is 0 Å². The molecule has 1 N–H and O–H groups in total. The van der Waals surface area contributed by atoms with Crippen LogP contribution in [0.4, 0.5) is 0 Å². The van der Waals surface area contributed by atoms with Crippen LogP contribution < -0.4 is 5.32 Å². The molecule has 1 aliphatic heterocycles. The van der Waals surface area contributed by atoms with Crippen LogP contribution in [0.25, 0.3) is 0 Å². The van der Waals surface area contributed by atoms with Gasteiger partial charge in [-0.15, -0.1) is 0 Å². The lowest BCUT2D eigenvalue weighted by atomic mass is 9.87. The summed E-state index contributed by atoms with van der Waals surface area (Å²) >= 11 is 1.98. The predicted molar refractivity (Wildman–Crippen MR) is 73.2 cm³/mol. The van der Waals surface area contributed by atoms with E-state index in [9.17, 15) is 0 Å². The summed E-state index contributed by atoms with van der Waals surface area (Å²) in [7, 11) is 0. The Balaban J connectivity index is 2.05. The molecule has 2 fully saturated rings. The van der Waals surface area contributed by atoms with Crippen LogP contribution in [0.5, 0.6) is 0 Å². The summed E-state index contributed by atoms with van der Waals surface area (Å²) in [5.41, 5.74) is 0.803. The molecule has 1 heterocycles. The molecule has 94 valence electrons. The maximum absolute atomic E-state index is 3.75. The molecule has 1 aliphatic carbocycles. The van der Waals surface area contributed by atoms with Crippen LogP contribution in [0.15, 0.2) is 0 Å². The fourth-order valence-corrected chi connectivity index (χ4v) is 3.66. The highest BCUT2D eigenvalue weighted by Crippen LogP contribution is 2.38. The molecule has 1 saturated carbocycles. The van der Waals surface area contributed by atoms with Crippen molar-refractivity contribution in [3.63, 3.8) is 0 Å². The molecule has 2 rings (SSSR count). The minimum Gasteiger partial charge on any atom is -0.309 e. The molecule has 0 bridgehead atoms. The van der Waals surface area contributed by atoms with E-state index in [2.05, 4.69) is 30.3 Å². The van der Waals surface area contributed by atoms with Gasteiger partial charge < -0.3 is 5.32 Å². The van der Waals surface area contributed by atoms with E-state index in [-0.39, 0.29) is 0 Å². The molecule has 1 saturated heterocycles. The molecule has 0 radical (unpaired) electrons. The molecule has 3 heteroatoms. The van der Waals surface area contributed by atoms with Crippen LogP contribution in [0.3, 0.4) is 0 Å². The maximum atomic E-state index is 3.75. The first kappa shape index (κ1) is 12.7. The van der Waals surface area contributed by atoms with Crippen LogP contribution in [-0.4, -0.2) is 47.6 Å². The topological polar surface area (TPSA) is 15.3 Å². The first-order valence-electron chi connectivity index (χ1n) is 6.57. The summed E-state index contributed by atoms with van der Waals surface area (Å²) in [5, 5.41) is 3.75. The number of thioether (sulfide) groups is 1. The largest absolute Gasteiger partial charge is 0.309 e. The third-order valence-electron chi connectivity index (χ3n) is 4.25. The van der Waals surface area contributed by atoms with Crippen molar-refractivity contribution >= 4 is 11.8 Å². The van der Waals surface area contributed by atoms with Gasteiger partial charge in [-0.05, 0) is 32.9 Å². The van der Waals surface area contributed by atoms with E-state index in [0.29, 0.717) is 11.1 Å². The van der Waals surface area contributed by atoms with Crippen molar-refractivity contribution in [2.45, 2.75) is 50.6 Å². The molecule has 2 aliphatic rings. The Morgan fingerprint density at radius 2 is 1.94 bits per heavy atom. The van der Waals surface area contributed by atoms with Crippen LogP contribution >= 0.6 is 11.8 Å². The average Bonchev–Trinajstić information content (AvgIpc) is 2.70. The van der Waals surface area contributed by atoms with E-state index in [1.165, 1.54) is 51.1 Å². The van der Waals surface area contributed by atoms with Crippen molar-refractivity contribution in [2.24, 2.45) is 0 Å². The zero-order valence-corrected chi connectivity index (χ0v) is 11.8. The van der Waals surface area contributed by atoms with Crippen molar-refractivity contribution < 1.29 is 0 Å². The van der Waals surface area contributed by atoms with Gasteiger partial charge in [0.15, 0.2) is 0 Å². The molecule has 2 nitrogen and oxygen atoms in total. The van der Waals surface area contributed by atoms with E-state index in [4.69, 9.17) is 0 Å².